The highest BCUT2D eigenvalue weighted by molar-refractivity contribution is 7.91. The number of sulfone groups is 1. The standard InChI is InChI=1S/C6H11O2S/c1-2-9(7,8)5-6-3-4-6/h6H,1-5H2. The van der Waals surface area contributed by atoms with Gasteiger partial charge in [0.1, 0.15) is 0 Å². The maximum atomic E-state index is 10.8. The molecular formula is C6H11O2S. The summed E-state index contributed by atoms with van der Waals surface area (Å²) in [6.07, 6.45) is 2.19. The van der Waals surface area contributed by atoms with E-state index in [9.17, 15) is 8.42 Å². The summed E-state index contributed by atoms with van der Waals surface area (Å²) >= 11 is 0. The molecule has 1 saturated carbocycles. The summed E-state index contributed by atoms with van der Waals surface area (Å²) in [5, 5.41) is 0. The van der Waals surface area contributed by atoms with Gasteiger partial charge in [-0.05, 0) is 25.7 Å². The average Bonchev–Trinajstić information content (AvgIpc) is 2.50. The van der Waals surface area contributed by atoms with E-state index in [1.54, 1.807) is 0 Å². The Morgan fingerprint density at radius 1 is 1.44 bits per heavy atom. The molecular weight excluding hydrogens is 136 g/mol. The highest BCUT2D eigenvalue weighted by Gasteiger charge is 2.26. The first-order valence-electron chi connectivity index (χ1n) is 3.14. The van der Waals surface area contributed by atoms with Gasteiger partial charge in [0.05, 0.1) is 11.5 Å². The fraction of sp³-hybridized carbons (Fsp3) is 0.833. The van der Waals surface area contributed by atoms with E-state index < -0.39 is 9.84 Å². The van der Waals surface area contributed by atoms with Crippen LogP contribution in [0.5, 0.6) is 0 Å². The fourth-order valence-corrected chi connectivity index (χ4v) is 1.95. The summed E-state index contributed by atoms with van der Waals surface area (Å²) in [4.78, 5) is 0. The Morgan fingerprint density at radius 3 is 2.33 bits per heavy atom. The van der Waals surface area contributed by atoms with Crippen molar-refractivity contribution in [2.24, 2.45) is 5.92 Å². The molecule has 9 heavy (non-hydrogen) atoms. The van der Waals surface area contributed by atoms with Gasteiger partial charge < -0.3 is 0 Å². The largest absolute Gasteiger partial charge is 0.229 e. The van der Waals surface area contributed by atoms with Gasteiger partial charge >= 0.3 is 0 Å². The Kier molecular flexibility index (Phi) is 1.80. The Labute approximate surface area is 56.2 Å². The summed E-state index contributed by atoms with van der Waals surface area (Å²) in [5.74, 6) is 0.900. The van der Waals surface area contributed by atoms with Crippen LogP contribution >= 0.6 is 0 Å². The first kappa shape index (κ1) is 7.06. The second-order valence-corrected chi connectivity index (χ2v) is 4.79. The molecule has 1 aliphatic rings. The van der Waals surface area contributed by atoms with Crippen LogP contribution in [0.25, 0.3) is 0 Å². The molecule has 0 amide bonds. The van der Waals surface area contributed by atoms with Crippen LogP contribution in [0.15, 0.2) is 0 Å². The molecule has 0 unspecified atom stereocenters. The molecule has 1 fully saturated rings. The molecule has 2 nitrogen and oxygen atoms in total. The highest BCUT2D eigenvalue weighted by atomic mass is 32.2. The summed E-state index contributed by atoms with van der Waals surface area (Å²) < 4.78 is 21.6. The molecule has 0 spiro atoms. The molecule has 53 valence electrons. The molecule has 0 aromatic carbocycles. The van der Waals surface area contributed by atoms with E-state index in [1.165, 1.54) is 0 Å². The van der Waals surface area contributed by atoms with Crippen molar-refractivity contribution in [3.05, 3.63) is 6.92 Å². The molecule has 0 aliphatic heterocycles. The molecule has 0 atom stereocenters. The number of rotatable bonds is 3. The van der Waals surface area contributed by atoms with Crippen molar-refractivity contribution < 1.29 is 8.42 Å². The third kappa shape index (κ3) is 2.35. The third-order valence-electron chi connectivity index (χ3n) is 1.50. The Balaban J connectivity index is 2.40. The monoisotopic (exact) mass is 147 g/mol. The van der Waals surface area contributed by atoms with Gasteiger partial charge in [-0.1, -0.05) is 0 Å². The molecule has 0 saturated heterocycles. The number of hydrogen-bond donors (Lipinski definition) is 0. The Bertz CT molecular complexity index is 177. The van der Waals surface area contributed by atoms with E-state index >= 15 is 0 Å². The minimum Gasteiger partial charge on any atom is -0.229 e. The average molecular weight is 147 g/mol. The molecule has 0 bridgehead atoms. The maximum absolute atomic E-state index is 10.8. The van der Waals surface area contributed by atoms with E-state index in [0.717, 1.165) is 12.8 Å². The van der Waals surface area contributed by atoms with Crippen LogP contribution < -0.4 is 0 Å². The van der Waals surface area contributed by atoms with Crippen molar-refractivity contribution in [3.8, 4) is 0 Å². The van der Waals surface area contributed by atoms with Gasteiger partial charge in [0.15, 0.2) is 9.84 Å². The molecule has 0 N–H and O–H groups in total. The zero-order valence-electron chi connectivity index (χ0n) is 5.34. The summed E-state index contributed by atoms with van der Waals surface area (Å²) in [5.41, 5.74) is 0. The van der Waals surface area contributed by atoms with Crippen LogP contribution in [0.3, 0.4) is 0 Å². The normalized spacial score (nSPS) is 20.1. The van der Waals surface area contributed by atoms with Crippen LogP contribution in [-0.2, 0) is 9.84 Å². The minimum absolute atomic E-state index is 0.0590. The predicted octanol–water partition coefficient (Wildman–Crippen LogP) is 0.645. The lowest BCUT2D eigenvalue weighted by Gasteiger charge is -1.95. The van der Waals surface area contributed by atoms with Gasteiger partial charge in [-0.2, -0.15) is 0 Å². The molecule has 3 heteroatoms. The van der Waals surface area contributed by atoms with Gasteiger partial charge in [-0.15, -0.1) is 0 Å². The van der Waals surface area contributed by atoms with Gasteiger partial charge in [0.25, 0.3) is 0 Å². The third-order valence-corrected chi connectivity index (χ3v) is 3.10. The van der Waals surface area contributed by atoms with Crippen LogP contribution in [-0.4, -0.2) is 19.9 Å². The molecule has 0 aromatic rings. The van der Waals surface area contributed by atoms with E-state index in [4.69, 9.17) is 0 Å². The van der Waals surface area contributed by atoms with Crippen molar-refractivity contribution >= 4 is 9.84 Å². The van der Waals surface area contributed by atoms with Crippen molar-refractivity contribution in [2.45, 2.75) is 12.8 Å². The molecule has 0 aromatic heterocycles. The summed E-state index contributed by atoms with van der Waals surface area (Å²) in [6, 6.07) is 0. The summed E-state index contributed by atoms with van der Waals surface area (Å²) in [7, 11) is -2.77. The Morgan fingerprint density at radius 2 is 2.00 bits per heavy atom. The maximum Gasteiger partial charge on any atom is 0.150 e. The first-order chi connectivity index (χ1) is 4.14. The van der Waals surface area contributed by atoms with Crippen LogP contribution in [0.2, 0.25) is 0 Å². The topological polar surface area (TPSA) is 34.1 Å². The minimum atomic E-state index is -2.77. The zero-order chi connectivity index (χ0) is 6.91. The SMILES string of the molecule is [CH2]CS(=O)(=O)CC1CC1. The second-order valence-electron chi connectivity index (χ2n) is 2.56. The number of hydrogen-bond acceptors (Lipinski definition) is 2. The predicted molar refractivity (Wildman–Crippen MR) is 36.7 cm³/mol. The summed E-state index contributed by atoms with van der Waals surface area (Å²) in [6.45, 7) is 3.35. The van der Waals surface area contributed by atoms with Crippen molar-refractivity contribution in [3.63, 3.8) is 0 Å². The van der Waals surface area contributed by atoms with E-state index in [-0.39, 0.29) is 5.75 Å². The van der Waals surface area contributed by atoms with Crippen LogP contribution in [0, 0.1) is 12.8 Å². The zero-order valence-corrected chi connectivity index (χ0v) is 6.15. The van der Waals surface area contributed by atoms with Gasteiger partial charge in [0.2, 0.25) is 0 Å². The molecule has 1 rings (SSSR count). The van der Waals surface area contributed by atoms with E-state index in [2.05, 4.69) is 6.92 Å². The van der Waals surface area contributed by atoms with Gasteiger partial charge in [0, 0.05) is 0 Å². The van der Waals surface area contributed by atoms with E-state index in [1.807, 2.05) is 0 Å². The lowest BCUT2D eigenvalue weighted by atomic mass is 10.5. The second kappa shape index (κ2) is 2.29. The van der Waals surface area contributed by atoms with Crippen LogP contribution in [0.4, 0.5) is 0 Å². The quantitative estimate of drug-likeness (QED) is 0.587. The molecule has 1 radical (unpaired) electrons. The van der Waals surface area contributed by atoms with Crippen LogP contribution in [0.1, 0.15) is 12.8 Å². The lowest BCUT2D eigenvalue weighted by molar-refractivity contribution is 0.595. The molecule has 1 aliphatic carbocycles. The smallest absolute Gasteiger partial charge is 0.150 e. The Hall–Kier alpha value is -0.0500. The van der Waals surface area contributed by atoms with Crippen molar-refractivity contribution in [1.82, 2.24) is 0 Å². The first-order valence-corrected chi connectivity index (χ1v) is 4.96. The fourth-order valence-electron chi connectivity index (χ4n) is 0.727. The van der Waals surface area contributed by atoms with Gasteiger partial charge in [-0.3, -0.25) is 0 Å². The van der Waals surface area contributed by atoms with Crippen molar-refractivity contribution in [1.29, 1.82) is 0 Å². The highest BCUT2D eigenvalue weighted by Crippen LogP contribution is 2.30. The molecule has 0 heterocycles. The van der Waals surface area contributed by atoms with Crippen molar-refractivity contribution in [2.75, 3.05) is 11.5 Å². The lowest BCUT2D eigenvalue weighted by Crippen LogP contribution is -2.09. The van der Waals surface area contributed by atoms with E-state index in [0.29, 0.717) is 11.7 Å². The van der Waals surface area contributed by atoms with Gasteiger partial charge in [-0.25, -0.2) is 8.42 Å².